The summed E-state index contributed by atoms with van der Waals surface area (Å²) in [7, 11) is 1.53. The van der Waals surface area contributed by atoms with Gasteiger partial charge in [0, 0.05) is 5.56 Å². The number of hydrogen-bond acceptors (Lipinski definition) is 6. The van der Waals surface area contributed by atoms with Gasteiger partial charge in [0.1, 0.15) is 11.0 Å². The van der Waals surface area contributed by atoms with Crippen LogP contribution >= 0.6 is 11.3 Å². The third kappa shape index (κ3) is 2.57. The molecule has 0 N–H and O–H groups in total. The van der Waals surface area contributed by atoms with Crippen LogP contribution in [0.4, 0.5) is 0 Å². The zero-order chi connectivity index (χ0) is 14.8. The molecule has 2 aromatic heterocycles. The van der Waals surface area contributed by atoms with E-state index in [4.69, 9.17) is 9.47 Å². The summed E-state index contributed by atoms with van der Waals surface area (Å²) in [5.41, 5.74) is 1.41. The molecule has 0 unspecified atom stereocenters. The Hall–Kier alpha value is -2.47. The molecule has 0 fully saturated rings. The van der Waals surface area contributed by atoms with Crippen LogP contribution in [0.2, 0.25) is 0 Å². The van der Waals surface area contributed by atoms with E-state index in [9.17, 15) is 4.79 Å². The van der Waals surface area contributed by atoms with Crippen LogP contribution < -0.4 is 9.47 Å². The number of nitrogens with zero attached hydrogens (tertiary/aromatic N) is 2. The predicted molar refractivity (Wildman–Crippen MR) is 80.5 cm³/mol. The predicted octanol–water partition coefficient (Wildman–Crippen LogP) is 3.69. The summed E-state index contributed by atoms with van der Waals surface area (Å²) in [6.07, 6.45) is 1.46. The highest BCUT2D eigenvalue weighted by molar-refractivity contribution is 7.17. The smallest absolute Gasteiger partial charge is 0.240 e. The Labute approximate surface area is 125 Å². The Balaban J connectivity index is 2.01. The molecule has 0 atom stereocenters. The van der Waals surface area contributed by atoms with Crippen LogP contribution in [0.25, 0.3) is 10.2 Å². The number of carbonyl (C=O) groups is 1. The van der Waals surface area contributed by atoms with Gasteiger partial charge in [-0.25, -0.2) is 9.97 Å². The van der Waals surface area contributed by atoms with E-state index < -0.39 is 0 Å². The van der Waals surface area contributed by atoms with Crippen LogP contribution in [0.3, 0.4) is 0 Å². The van der Waals surface area contributed by atoms with Crippen LogP contribution in [-0.4, -0.2) is 22.9 Å². The molecule has 0 aliphatic carbocycles. The van der Waals surface area contributed by atoms with Crippen molar-refractivity contribution in [2.75, 3.05) is 7.11 Å². The number of ether oxygens (including phenoxy) is 2. The summed E-state index contributed by atoms with van der Waals surface area (Å²) in [4.78, 5) is 19.7. The third-order valence-corrected chi connectivity index (χ3v) is 3.88. The van der Waals surface area contributed by atoms with Gasteiger partial charge in [-0.2, -0.15) is 0 Å². The fourth-order valence-corrected chi connectivity index (χ4v) is 2.68. The summed E-state index contributed by atoms with van der Waals surface area (Å²) in [6.45, 7) is 1.51. The summed E-state index contributed by atoms with van der Waals surface area (Å²) in [5.74, 6) is 1.45. The second kappa shape index (κ2) is 5.49. The first-order valence-corrected chi connectivity index (χ1v) is 7.12. The van der Waals surface area contributed by atoms with Crippen LogP contribution in [0.15, 0.2) is 36.0 Å². The zero-order valence-corrected chi connectivity index (χ0v) is 12.3. The van der Waals surface area contributed by atoms with Gasteiger partial charge in [0.2, 0.25) is 5.88 Å². The molecule has 0 bridgehead atoms. The molecule has 2 heterocycles. The number of thiophene rings is 1. The number of fused-ring (bicyclic) bond motifs is 1. The number of rotatable bonds is 4. The van der Waals surface area contributed by atoms with Crippen molar-refractivity contribution in [3.05, 3.63) is 41.5 Å². The number of benzene rings is 1. The molecule has 0 saturated heterocycles. The second-order valence-corrected chi connectivity index (χ2v) is 5.25. The van der Waals surface area contributed by atoms with E-state index in [1.165, 1.54) is 31.7 Å². The van der Waals surface area contributed by atoms with Crippen LogP contribution in [-0.2, 0) is 0 Å². The van der Waals surface area contributed by atoms with E-state index in [1.54, 1.807) is 18.2 Å². The van der Waals surface area contributed by atoms with Gasteiger partial charge in [-0.15, -0.1) is 11.3 Å². The number of carbonyl (C=O) groups excluding carboxylic acids is 1. The standard InChI is InChI=1S/C15H12N2O3S/c1-9(18)10-3-4-12(13(7-10)19-2)20-15-14-11(5-6-21-14)16-8-17-15/h3-8H,1-2H3. The lowest BCUT2D eigenvalue weighted by atomic mass is 10.1. The lowest BCUT2D eigenvalue weighted by Gasteiger charge is -2.10. The summed E-state index contributed by atoms with van der Waals surface area (Å²) >= 11 is 1.51. The van der Waals surface area contributed by atoms with Crippen molar-refractivity contribution in [2.24, 2.45) is 0 Å². The van der Waals surface area contributed by atoms with E-state index in [-0.39, 0.29) is 5.78 Å². The minimum atomic E-state index is -0.0254. The Kier molecular flexibility index (Phi) is 3.53. The molecule has 0 saturated carbocycles. The second-order valence-electron chi connectivity index (χ2n) is 4.34. The average molecular weight is 300 g/mol. The molecule has 21 heavy (non-hydrogen) atoms. The molecule has 5 nitrogen and oxygen atoms in total. The first-order valence-electron chi connectivity index (χ1n) is 6.24. The SMILES string of the molecule is COc1cc(C(C)=O)ccc1Oc1ncnc2ccsc12. The number of hydrogen-bond donors (Lipinski definition) is 0. The van der Waals surface area contributed by atoms with Crippen molar-refractivity contribution < 1.29 is 14.3 Å². The Morgan fingerprint density at radius 1 is 1.19 bits per heavy atom. The summed E-state index contributed by atoms with van der Waals surface area (Å²) < 4.78 is 12.0. The van der Waals surface area contributed by atoms with Crippen molar-refractivity contribution in [1.82, 2.24) is 9.97 Å². The van der Waals surface area contributed by atoms with Gasteiger partial charge in [0.05, 0.1) is 12.6 Å². The maximum atomic E-state index is 11.4. The van der Waals surface area contributed by atoms with Crippen LogP contribution in [0.1, 0.15) is 17.3 Å². The van der Waals surface area contributed by atoms with Gasteiger partial charge in [-0.05, 0) is 36.6 Å². The highest BCUT2D eigenvalue weighted by Gasteiger charge is 2.12. The molecule has 0 amide bonds. The Morgan fingerprint density at radius 3 is 2.81 bits per heavy atom. The fraction of sp³-hybridized carbons (Fsp3) is 0.133. The molecule has 3 rings (SSSR count). The molecule has 106 valence electrons. The van der Waals surface area contributed by atoms with E-state index >= 15 is 0 Å². The first-order chi connectivity index (χ1) is 10.2. The van der Waals surface area contributed by atoms with Crippen LogP contribution in [0, 0.1) is 0 Å². The molecule has 0 radical (unpaired) electrons. The highest BCUT2D eigenvalue weighted by atomic mass is 32.1. The van der Waals surface area contributed by atoms with Gasteiger partial charge in [-0.3, -0.25) is 4.79 Å². The lowest BCUT2D eigenvalue weighted by molar-refractivity contribution is 0.101. The van der Waals surface area contributed by atoms with Gasteiger partial charge in [-0.1, -0.05) is 0 Å². The fourth-order valence-electron chi connectivity index (χ4n) is 1.91. The van der Waals surface area contributed by atoms with Crippen molar-refractivity contribution in [3.8, 4) is 17.4 Å². The first kappa shape index (κ1) is 13.5. The van der Waals surface area contributed by atoms with Crippen molar-refractivity contribution in [1.29, 1.82) is 0 Å². The average Bonchev–Trinajstić information content (AvgIpc) is 2.97. The van der Waals surface area contributed by atoms with E-state index in [0.29, 0.717) is 22.9 Å². The number of aromatic nitrogens is 2. The molecular weight excluding hydrogens is 288 g/mol. The zero-order valence-electron chi connectivity index (χ0n) is 11.5. The summed E-state index contributed by atoms with van der Waals surface area (Å²) in [5, 5.41) is 1.93. The maximum absolute atomic E-state index is 11.4. The quantitative estimate of drug-likeness (QED) is 0.688. The van der Waals surface area contributed by atoms with E-state index in [2.05, 4.69) is 9.97 Å². The lowest BCUT2D eigenvalue weighted by Crippen LogP contribution is -1.97. The van der Waals surface area contributed by atoms with Crippen molar-refractivity contribution >= 4 is 27.3 Å². The van der Waals surface area contributed by atoms with Gasteiger partial charge >= 0.3 is 0 Å². The van der Waals surface area contributed by atoms with E-state index in [0.717, 1.165) is 10.2 Å². The van der Waals surface area contributed by atoms with Gasteiger partial charge < -0.3 is 9.47 Å². The van der Waals surface area contributed by atoms with Gasteiger partial charge in [0.15, 0.2) is 17.3 Å². The number of Topliss-reactive ketones (excluding diaryl/α,β-unsaturated/α-hetero) is 1. The highest BCUT2D eigenvalue weighted by Crippen LogP contribution is 2.35. The molecular formula is C15H12N2O3S. The molecule has 0 aliphatic rings. The number of ketones is 1. The van der Waals surface area contributed by atoms with Crippen molar-refractivity contribution in [2.45, 2.75) is 6.92 Å². The molecule has 0 aliphatic heterocycles. The summed E-state index contributed by atoms with van der Waals surface area (Å²) in [6, 6.07) is 6.97. The largest absolute Gasteiger partial charge is 0.493 e. The molecule has 1 aromatic carbocycles. The topological polar surface area (TPSA) is 61.3 Å². The molecule has 0 spiro atoms. The van der Waals surface area contributed by atoms with E-state index in [1.807, 2.05) is 11.4 Å². The minimum Gasteiger partial charge on any atom is -0.493 e. The van der Waals surface area contributed by atoms with Crippen molar-refractivity contribution in [3.63, 3.8) is 0 Å². The maximum Gasteiger partial charge on any atom is 0.240 e. The van der Waals surface area contributed by atoms with Gasteiger partial charge in [0.25, 0.3) is 0 Å². The Morgan fingerprint density at radius 2 is 2.05 bits per heavy atom. The Bertz CT molecular complexity index is 814. The van der Waals surface area contributed by atoms with Crippen LogP contribution in [0.5, 0.6) is 17.4 Å². The monoisotopic (exact) mass is 300 g/mol. The third-order valence-electron chi connectivity index (χ3n) is 2.99. The number of methoxy groups -OCH3 is 1. The molecule has 3 aromatic rings. The normalized spacial score (nSPS) is 10.6. The molecule has 6 heteroatoms. The minimum absolute atomic E-state index is 0.0254.